The molecule has 3 nitrogen and oxygen atoms in total. The number of benzene rings is 1. The number of rotatable bonds is 2. The van der Waals surface area contributed by atoms with Crippen molar-refractivity contribution in [2.75, 3.05) is 5.73 Å². The maximum absolute atomic E-state index is 11.0. The Bertz CT molecular complexity index is 629. The first-order valence-electron chi connectivity index (χ1n) is 4.89. The zero-order valence-electron chi connectivity index (χ0n) is 8.95. The van der Waals surface area contributed by atoms with Crippen molar-refractivity contribution < 1.29 is 4.79 Å². The lowest BCUT2D eigenvalue weighted by atomic mass is 10.0. The number of aldehydes is 1. The van der Waals surface area contributed by atoms with Gasteiger partial charge in [0.25, 0.3) is 0 Å². The number of aromatic nitrogens is 1. The van der Waals surface area contributed by atoms with Crippen LogP contribution in [0.5, 0.6) is 0 Å². The number of hydrogen-bond donors (Lipinski definition) is 1. The van der Waals surface area contributed by atoms with E-state index in [1.165, 1.54) is 12.3 Å². The highest BCUT2D eigenvalue weighted by molar-refractivity contribution is 6.49. The second kappa shape index (κ2) is 5.14. The van der Waals surface area contributed by atoms with Gasteiger partial charge >= 0.3 is 0 Å². The number of anilines is 1. The van der Waals surface area contributed by atoms with Crippen LogP contribution in [0, 0.1) is 0 Å². The van der Waals surface area contributed by atoms with Crippen molar-refractivity contribution in [2.24, 2.45) is 0 Å². The van der Waals surface area contributed by atoms with Crippen LogP contribution in [-0.2, 0) is 0 Å². The molecule has 2 aromatic rings. The van der Waals surface area contributed by atoms with Crippen molar-refractivity contribution in [2.45, 2.75) is 0 Å². The van der Waals surface area contributed by atoms with Gasteiger partial charge in [-0.25, -0.2) is 4.98 Å². The minimum atomic E-state index is 0.240. The largest absolute Gasteiger partial charge is 0.384 e. The second-order valence-electron chi connectivity index (χ2n) is 3.54. The third-order valence-corrected chi connectivity index (χ3v) is 3.70. The molecule has 0 atom stereocenters. The van der Waals surface area contributed by atoms with Gasteiger partial charge in [0.1, 0.15) is 5.82 Å². The number of nitrogens with zero attached hydrogens (tertiary/aromatic N) is 1. The van der Waals surface area contributed by atoms with Crippen LogP contribution < -0.4 is 5.73 Å². The molecule has 18 heavy (non-hydrogen) atoms. The Kier molecular flexibility index (Phi) is 3.76. The molecule has 0 spiro atoms. The van der Waals surface area contributed by atoms with Crippen LogP contribution in [0.15, 0.2) is 24.4 Å². The fourth-order valence-corrected chi connectivity index (χ4v) is 2.18. The van der Waals surface area contributed by atoms with E-state index in [4.69, 9.17) is 40.5 Å². The molecule has 0 aliphatic heterocycles. The van der Waals surface area contributed by atoms with Crippen LogP contribution in [0.4, 0.5) is 5.82 Å². The molecule has 0 saturated heterocycles. The summed E-state index contributed by atoms with van der Waals surface area (Å²) in [7, 11) is 0. The summed E-state index contributed by atoms with van der Waals surface area (Å²) in [4.78, 5) is 15.0. The Labute approximate surface area is 118 Å². The maximum Gasteiger partial charge on any atom is 0.150 e. The molecule has 0 aliphatic rings. The summed E-state index contributed by atoms with van der Waals surface area (Å²) >= 11 is 17.9. The van der Waals surface area contributed by atoms with Crippen LogP contribution in [-0.4, -0.2) is 11.3 Å². The molecule has 92 valence electrons. The summed E-state index contributed by atoms with van der Waals surface area (Å²) in [6.45, 7) is 0. The van der Waals surface area contributed by atoms with Crippen LogP contribution in [0.3, 0.4) is 0 Å². The number of carbonyl (C=O) groups is 1. The van der Waals surface area contributed by atoms with E-state index in [1.54, 1.807) is 12.1 Å². The first kappa shape index (κ1) is 13.1. The molecule has 0 bridgehead atoms. The number of carbonyl (C=O) groups excluding carboxylic acids is 1. The summed E-state index contributed by atoms with van der Waals surface area (Å²) in [6, 6.07) is 4.76. The van der Waals surface area contributed by atoms with Gasteiger partial charge in [-0.15, -0.1) is 0 Å². The summed E-state index contributed by atoms with van der Waals surface area (Å²) in [5.74, 6) is 0.261. The highest BCUT2D eigenvalue weighted by atomic mass is 35.5. The standard InChI is InChI=1S/C12H7Cl3N2O/c13-9-2-1-7(11(14)12(9)15)8-4-17-10(16)3-6(8)5-18/h1-5H,(H2,16,17). The van der Waals surface area contributed by atoms with Gasteiger partial charge in [-0.05, 0) is 12.1 Å². The van der Waals surface area contributed by atoms with Gasteiger partial charge < -0.3 is 5.73 Å². The molecule has 0 amide bonds. The molecule has 2 N–H and O–H groups in total. The number of hydrogen-bond acceptors (Lipinski definition) is 3. The number of halogens is 3. The second-order valence-corrected chi connectivity index (χ2v) is 4.70. The zero-order valence-corrected chi connectivity index (χ0v) is 11.2. The molecule has 1 heterocycles. The SMILES string of the molecule is Nc1cc(C=O)c(-c2ccc(Cl)c(Cl)c2Cl)cn1. The Morgan fingerprint density at radius 3 is 2.50 bits per heavy atom. The van der Waals surface area contributed by atoms with E-state index in [-0.39, 0.29) is 15.9 Å². The molecule has 1 aromatic carbocycles. The van der Waals surface area contributed by atoms with Gasteiger partial charge in [0.05, 0.1) is 15.1 Å². The molecular weight excluding hydrogens is 295 g/mol. The topological polar surface area (TPSA) is 56.0 Å². The van der Waals surface area contributed by atoms with E-state index in [0.717, 1.165) is 0 Å². The summed E-state index contributed by atoms with van der Waals surface area (Å²) in [5, 5.41) is 0.866. The van der Waals surface area contributed by atoms with E-state index in [9.17, 15) is 4.79 Å². The Balaban J connectivity index is 2.69. The van der Waals surface area contributed by atoms with E-state index in [1.807, 2.05) is 0 Å². The molecule has 2 rings (SSSR count). The van der Waals surface area contributed by atoms with E-state index in [0.29, 0.717) is 28.0 Å². The lowest BCUT2D eigenvalue weighted by molar-refractivity contribution is 0.112. The molecule has 0 saturated carbocycles. The highest BCUT2D eigenvalue weighted by Crippen LogP contribution is 2.38. The van der Waals surface area contributed by atoms with Gasteiger partial charge in [0.2, 0.25) is 0 Å². The fourth-order valence-electron chi connectivity index (χ4n) is 1.54. The van der Waals surface area contributed by atoms with E-state index >= 15 is 0 Å². The lowest BCUT2D eigenvalue weighted by Gasteiger charge is -2.09. The Morgan fingerprint density at radius 2 is 1.83 bits per heavy atom. The van der Waals surface area contributed by atoms with E-state index in [2.05, 4.69) is 4.98 Å². The van der Waals surface area contributed by atoms with Gasteiger partial charge in [0, 0.05) is 22.9 Å². The van der Waals surface area contributed by atoms with Crippen LogP contribution >= 0.6 is 34.8 Å². The Morgan fingerprint density at radius 1 is 1.11 bits per heavy atom. The van der Waals surface area contributed by atoms with Crippen LogP contribution in [0.1, 0.15) is 10.4 Å². The minimum absolute atomic E-state index is 0.240. The number of pyridine rings is 1. The number of nitrogen functional groups attached to an aromatic ring is 1. The zero-order chi connectivity index (χ0) is 13.3. The quantitative estimate of drug-likeness (QED) is 0.671. The maximum atomic E-state index is 11.0. The van der Waals surface area contributed by atoms with E-state index < -0.39 is 0 Å². The van der Waals surface area contributed by atoms with Crippen molar-refractivity contribution in [3.63, 3.8) is 0 Å². The normalized spacial score (nSPS) is 10.4. The fraction of sp³-hybridized carbons (Fsp3) is 0. The van der Waals surface area contributed by atoms with Crippen molar-refractivity contribution >= 4 is 46.9 Å². The monoisotopic (exact) mass is 300 g/mol. The van der Waals surface area contributed by atoms with Crippen molar-refractivity contribution in [1.82, 2.24) is 4.98 Å². The van der Waals surface area contributed by atoms with Crippen LogP contribution in [0.25, 0.3) is 11.1 Å². The molecule has 1 aromatic heterocycles. The van der Waals surface area contributed by atoms with Gasteiger partial charge in [-0.2, -0.15) is 0 Å². The minimum Gasteiger partial charge on any atom is -0.384 e. The molecule has 0 fully saturated rings. The van der Waals surface area contributed by atoms with Crippen molar-refractivity contribution in [3.05, 3.63) is 45.0 Å². The van der Waals surface area contributed by atoms with Gasteiger partial charge in [-0.1, -0.05) is 40.9 Å². The summed E-state index contributed by atoms with van der Waals surface area (Å²) in [5.41, 5.74) is 7.06. The third-order valence-electron chi connectivity index (χ3n) is 2.41. The first-order chi connectivity index (χ1) is 8.54. The molecule has 0 aliphatic carbocycles. The average Bonchev–Trinajstić information content (AvgIpc) is 2.37. The molecule has 6 heteroatoms. The summed E-state index contributed by atoms with van der Waals surface area (Å²) in [6.07, 6.45) is 2.16. The predicted molar refractivity (Wildman–Crippen MR) is 74.5 cm³/mol. The average molecular weight is 302 g/mol. The third kappa shape index (κ3) is 2.29. The molecule has 0 unspecified atom stereocenters. The first-order valence-corrected chi connectivity index (χ1v) is 6.02. The number of nitrogens with two attached hydrogens (primary N) is 1. The molecular formula is C12H7Cl3N2O. The predicted octanol–water partition coefficient (Wildman–Crippen LogP) is 4.10. The smallest absolute Gasteiger partial charge is 0.150 e. The van der Waals surface area contributed by atoms with Gasteiger partial charge in [-0.3, -0.25) is 4.79 Å². The van der Waals surface area contributed by atoms with Gasteiger partial charge in [0.15, 0.2) is 6.29 Å². The highest BCUT2D eigenvalue weighted by Gasteiger charge is 2.14. The summed E-state index contributed by atoms with van der Waals surface area (Å²) < 4.78 is 0. The lowest BCUT2D eigenvalue weighted by Crippen LogP contribution is -1.96. The van der Waals surface area contributed by atoms with Crippen molar-refractivity contribution in [3.8, 4) is 11.1 Å². The molecule has 0 radical (unpaired) electrons. The van der Waals surface area contributed by atoms with Crippen molar-refractivity contribution in [1.29, 1.82) is 0 Å². The van der Waals surface area contributed by atoms with Crippen LogP contribution in [0.2, 0.25) is 15.1 Å². The Hall–Kier alpha value is -1.29.